The maximum Gasteiger partial charge on any atom is 0.320 e. The summed E-state index contributed by atoms with van der Waals surface area (Å²) in [6, 6.07) is 3.28. The second kappa shape index (κ2) is 11.0. The number of phenolic OH excluding ortho intramolecular Hbond substituents is 1. The predicted molar refractivity (Wildman–Crippen MR) is 165 cm³/mol. The van der Waals surface area contributed by atoms with Gasteiger partial charge in [0.15, 0.2) is 11.4 Å². The van der Waals surface area contributed by atoms with Gasteiger partial charge in [0.2, 0.25) is 0 Å². The highest BCUT2D eigenvalue weighted by atomic mass is 35.5. The van der Waals surface area contributed by atoms with Gasteiger partial charge in [-0.25, -0.2) is 9.37 Å². The first kappa shape index (κ1) is 27.9. The van der Waals surface area contributed by atoms with Gasteiger partial charge in [0, 0.05) is 43.7 Å². The van der Waals surface area contributed by atoms with Crippen molar-refractivity contribution < 1.29 is 19.0 Å². The monoisotopic (exact) mass is 602 g/mol. The van der Waals surface area contributed by atoms with Crippen LogP contribution in [0, 0.1) is 12.3 Å². The van der Waals surface area contributed by atoms with E-state index in [1.165, 1.54) is 6.07 Å². The maximum absolute atomic E-state index is 14.4. The molecule has 1 aromatic carbocycles. The SMILES string of the molecule is C#Cc1c(/C=C\C=C)cc(O)cc1-c1nc2nc(OCC34CCCN3CC(F)C4)nc3c2c(c1Cl)OCC1CNCCN31. The first-order valence-corrected chi connectivity index (χ1v) is 14.9. The summed E-state index contributed by atoms with van der Waals surface area (Å²) in [5.41, 5.74) is 1.88. The van der Waals surface area contributed by atoms with E-state index in [2.05, 4.69) is 27.6 Å². The van der Waals surface area contributed by atoms with E-state index in [0.29, 0.717) is 84.3 Å². The van der Waals surface area contributed by atoms with Crippen LogP contribution >= 0.6 is 11.6 Å². The van der Waals surface area contributed by atoms with Gasteiger partial charge in [-0.3, -0.25) is 4.90 Å². The molecular formula is C32H32ClFN6O3. The van der Waals surface area contributed by atoms with Gasteiger partial charge in [0.1, 0.15) is 41.4 Å². The number of ether oxygens (including phenoxy) is 2. The van der Waals surface area contributed by atoms with E-state index in [9.17, 15) is 9.50 Å². The molecule has 3 saturated heterocycles. The van der Waals surface area contributed by atoms with E-state index < -0.39 is 6.17 Å². The molecule has 222 valence electrons. The van der Waals surface area contributed by atoms with Crippen molar-refractivity contribution in [3.63, 3.8) is 0 Å². The molecular weight excluding hydrogens is 571 g/mol. The molecule has 0 amide bonds. The third-order valence-electron chi connectivity index (χ3n) is 8.94. The zero-order valence-corrected chi connectivity index (χ0v) is 24.4. The van der Waals surface area contributed by atoms with Crippen LogP contribution in [0.15, 0.2) is 30.9 Å². The molecule has 0 saturated carbocycles. The highest BCUT2D eigenvalue weighted by molar-refractivity contribution is 6.36. The summed E-state index contributed by atoms with van der Waals surface area (Å²) < 4.78 is 27.1. The van der Waals surface area contributed by atoms with Crippen LogP contribution in [-0.4, -0.2) is 88.6 Å². The summed E-state index contributed by atoms with van der Waals surface area (Å²) in [5, 5.41) is 14.9. The number of halogens is 2. The first-order chi connectivity index (χ1) is 20.9. The molecule has 2 aromatic heterocycles. The lowest BCUT2D eigenvalue weighted by Crippen LogP contribution is -2.53. The van der Waals surface area contributed by atoms with Gasteiger partial charge in [-0.2, -0.15) is 9.97 Å². The molecule has 7 rings (SSSR count). The summed E-state index contributed by atoms with van der Waals surface area (Å²) in [7, 11) is 0. The third kappa shape index (κ3) is 4.76. The quantitative estimate of drug-likeness (QED) is 0.315. The highest BCUT2D eigenvalue weighted by Crippen LogP contribution is 2.47. The number of nitrogens with zero attached hydrogens (tertiary/aromatic N) is 5. The van der Waals surface area contributed by atoms with Gasteiger partial charge in [-0.1, -0.05) is 42.3 Å². The molecule has 3 aromatic rings. The minimum absolute atomic E-state index is 0.00108. The summed E-state index contributed by atoms with van der Waals surface area (Å²) in [6.45, 7) is 7.86. The molecule has 0 bridgehead atoms. The lowest BCUT2D eigenvalue weighted by atomic mass is 9.95. The second-order valence-electron chi connectivity index (χ2n) is 11.6. The number of aromatic nitrogens is 3. The fraction of sp³-hybridized carbons (Fsp3) is 0.406. The van der Waals surface area contributed by atoms with Crippen LogP contribution in [0.5, 0.6) is 17.5 Å². The molecule has 0 radical (unpaired) electrons. The number of hydrogen-bond acceptors (Lipinski definition) is 9. The number of allylic oxidation sites excluding steroid dienone is 2. The molecule has 43 heavy (non-hydrogen) atoms. The largest absolute Gasteiger partial charge is 0.508 e. The van der Waals surface area contributed by atoms with Gasteiger partial charge >= 0.3 is 6.01 Å². The smallest absolute Gasteiger partial charge is 0.320 e. The minimum atomic E-state index is -0.863. The molecule has 0 aliphatic carbocycles. The zero-order chi connectivity index (χ0) is 29.7. The Balaban J connectivity index is 1.39. The highest BCUT2D eigenvalue weighted by Gasteiger charge is 2.49. The number of benzene rings is 1. The summed E-state index contributed by atoms with van der Waals surface area (Å²) in [6.07, 6.45) is 12.6. The number of anilines is 1. The van der Waals surface area contributed by atoms with E-state index in [-0.39, 0.29) is 28.4 Å². The van der Waals surface area contributed by atoms with Gasteiger partial charge in [0.25, 0.3) is 0 Å². The summed E-state index contributed by atoms with van der Waals surface area (Å²) in [4.78, 5) is 18.9. The van der Waals surface area contributed by atoms with Crippen molar-refractivity contribution >= 4 is 34.5 Å². The molecule has 3 atom stereocenters. The Morgan fingerprint density at radius 1 is 1.33 bits per heavy atom. The van der Waals surface area contributed by atoms with Crippen LogP contribution in [0.3, 0.4) is 0 Å². The van der Waals surface area contributed by atoms with Crippen molar-refractivity contribution in [3.8, 4) is 41.1 Å². The van der Waals surface area contributed by atoms with E-state index >= 15 is 0 Å². The Labute approximate surface area is 254 Å². The van der Waals surface area contributed by atoms with Crippen LogP contribution in [0.1, 0.15) is 30.4 Å². The van der Waals surface area contributed by atoms with Crippen LogP contribution in [-0.2, 0) is 0 Å². The Morgan fingerprint density at radius 3 is 3.05 bits per heavy atom. The van der Waals surface area contributed by atoms with Crippen molar-refractivity contribution in [3.05, 3.63) is 47.0 Å². The maximum atomic E-state index is 14.4. The Hall–Kier alpha value is -3.91. The summed E-state index contributed by atoms with van der Waals surface area (Å²) >= 11 is 7.06. The average Bonchev–Trinajstić information content (AvgIpc) is 3.47. The zero-order valence-electron chi connectivity index (χ0n) is 23.7. The molecule has 3 unspecified atom stereocenters. The normalized spacial score (nSPS) is 24.8. The van der Waals surface area contributed by atoms with Crippen LogP contribution in [0.4, 0.5) is 10.2 Å². The number of aromatic hydroxyl groups is 1. The molecule has 2 N–H and O–H groups in total. The standard InChI is InChI=1S/C32H32ClFN6O3/c1-3-5-7-19-12-22(41)13-24(23(19)4-2)27-26(33)28-25-29(36-27)37-31(38-30(25)40-11-9-35-15-21(40)17-42-28)43-18-32-8-6-10-39(32)16-20(34)14-32/h2-3,5,7,12-13,20-21,35,41H,1,6,8-11,14-18H2/b7-5-. The molecule has 9 nitrogen and oxygen atoms in total. The van der Waals surface area contributed by atoms with Crippen molar-refractivity contribution in [2.75, 3.05) is 50.8 Å². The lowest BCUT2D eigenvalue weighted by molar-refractivity contribution is 0.107. The summed E-state index contributed by atoms with van der Waals surface area (Å²) in [5.74, 6) is 3.78. The van der Waals surface area contributed by atoms with Crippen molar-refractivity contribution in [2.45, 2.75) is 37.0 Å². The van der Waals surface area contributed by atoms with E-state index in [0.717, 1.165) is 25.9 Å². The van der Waals surface area contributed by atoms with Crippen molar-refractivity contribution in [1.82, 2.24) is 25.2 Å². The fourth-order valence-corrected chi connectivity index (χ4v) is 7.27. The third-order valence-corrected chi connectivity index (χ3v) is 9.29. The average molecular weight is 603 g/mol. The number of rotatable bonds is 6. The Morgan fingerprint density at radius 2 is 2.21 bits per heavy atom. The van der Waals surface area contributed by atoms with Gasteiger partial charge < -0.3 is 24.8 Å². The number of terminal acetylenes is 1. The molecule has 4 aliphatic rings. The van der Waals surface area contributed by atoms with Crippen molar-refractivity contribution in [2.24, 2.45) is 0 Å². The number of hydrogen-bond donors (Lipinski definition) is 2. The van der Waals surface area contributed by atoms with Crippen LogP contribution in [0.2, 0.25) is 5.02 Å². The van der Waals surface area contributed by atoms with Crippen LogP contribution in [0.25, 0.3) is 28.4 Å². The van der Waals surface area contributed by atoms with Gasteiger partial charge in [-0.15, -0.1) is 6.42 Å². The molecule has 3 fully saturated rings. The van der Waals surface area contributed by atoms with E-state index in [4.69, 9.17) is 42.4 Å². The second-order valence-corrected chi connectivity index (χ2v) is 11.9. The predicted octanol–water partition coefficient (Wildman–Crippen LogP) is 4.36. The first-order valence-electron chi connectivity index (χ1n) is 14.6. The molecule has 4 aliphatic heterocycles. The van der Waals surface area contributed by atoms with Gasteiger partial charge in [0.05, 0.1) is 17.3 Å². The number of pyridine rings is 1. The van der Waals surface area contributed by atoms with E-state index in [1.807, 2.05) is 0 Å². The van der Waals surface area contributed by atoms with Crippen LogP contribution < -0.4 is 19.7 Å². The van der Waals surface area contributed by atoms with Gasteiger partial charge in [-0.05, 0) is 37.1 Å². The molecule has 6 heterocycles. The Bertz CT molecular complexity index is 1690. The number of phenols is 1. The number of alkyl halides is 1. The molecule has 0 spiro atoms. The fourth-order valence-electron chi connectivity index (χ4n) is 6.98. The minimum Gasteiger partial charge on any atom is -0.508 e. The Kier molecular flexibility index (Phi) is 7.12. The molecule has 11 heteroatoms. The lowest BCUT2D eigenvalue weighted by Gasteiger charge is -2.35. The van der Waals surface area contributed by atoms with E-state index in [1.54, 1.807) is 24.3 Å². The number of nitrogens with one attached hydrogen (secondary N) is 1. The number of fused-ring (bicyclic) bond motifs is 3. The van der Waals surface area contributed by atoms with Crippen molar-refractivity contribution in [1.29, 1.82) is 0 Å². The number of piperazine rings is 1. The topological polar surface area (TPSA) is 95.9 Å².